The molecule has 1 heterocycles. The van der Waals surface area contributed by atoms with Crippen LogP contribution in [-0.2, 0) is 19.4 Å². The molecule has 4 rings (SSSR count). The third-order valence-corrected chi connectivity index (χ3v) is 6.45. The molecule has 0 saturated carbocycles. The van der Waals surface area contributed by atoms with Crippen molar-refractivity contribution < 1.29 is 9.53 Å². The van der Waals surface area contributed by atoms with Crippen LogP contribution < -0.4 is 10.1 Å². The van der Waals surface area contributed by atoms with Crippen LogP contribution in [-0.4, -0.2) is 28.6 Å². The zero-order valence-electron chi connectivity index (χ0n) is 20.5. The predicted octanol–water partition coefficient (Wildman–Crippen LogP) is 6.64. The Kier molecular flexibility index (Phi) is 9.17. The monoisotopic (exact) mass is 501 g/mol. The van der Waals surface area contributed by atoms with Crippen LogP contribution in [0, 0.1) is 0 Å². The van der Waals surface area contributed by atoms with Crippen molar-refractivity contribution in [3.8, 4) is 5.75 Å². The molecule has 0 fully saturated rings. The van der Waals surface area contributed by atoms with Gasteiger partial charge in [0.05, 0.1) is 28.2 Å². The number of para-hydroxylation sites is 3. The molecule has 186 valence electrons. The number of hydrogen-bond donors (Lipinski definition) is 1. The second kappa shape index (κ2) is 12.9. The number of allylic oxidation sites excluding steroid dienone is 1. The molecule has 0 unspecified atom stereocenters. The molecule has 1 aromatic heterocycles. The largest absolute Gasteiger partial charge is 0.491 e. The number of halogens is 1. The van der Waals surface area contributed by atoms with Crippen molar-refractivity contribution in [3.05, 3.63) is 107 Å². The molecule has 0 saturated heterocycles. The highest BCUT2D eigenvalue weighted by Gasteiger charge is 2.12. The van der Waals surface area contributed by atoms with Gasteiger partial charge in [0, 0.05) is 13.0 Å². The van der Waals surface area contributed by atoms with E-state index in [0.717, 1.165) is 66.8 Å². The van der Waals surface area contributed by atoms with Crippen LogP contribution in [0.4, 0.5) is 0 Å². The number of aromatic nitrogens is 2. The Morgan fingerprint density at radius 3 is 2.64 bits per heavy atom. The molecular formula is C30H32ClN3O2. The Bertz CT molecular complexity index is 1310. The van der Waals surface area contributed by atoms with Gasteiger partial charge in [0.2, 0.25) is 0 Å². The summed E-state index contributed by atoms with van der Waals surface area (Å²) in [6.45, 7) is 5.76. The molecule has 1 amide bonds. The van der Waals surface area contributed by atoms with Gasteiger partial charge in [0.1, 0.15) is 18.2 Å². The molecule has 0 aliphatic rings. The first-order chi connectivity index (χ1) is 17.7. The molecule has 0 bridgehead atoms. The minimum atomic E-state index is -0.128. The summed E-state index contributed by atoms with van der Waals surface area (Å²) >= 11 is 6.11. The van der Waals surface area contributed by atoms with Gasteiger partial charge in [0.15, 0.2) is 0 Å². The Morgan fingerprint density at radius 2 is 1.78 bits per heavy atom. The van der Waals surface area contributed by atoms with E-state index in [1.54, 1.807) is 12.1 Å². The molecule has 0 aliphatic heterocycles. The topological polar surface area (TPSA) is 56.1 Å². The fourth-order valence-corrected chi connectivity index (χ4v) is 4.53. The van der Waals surface area contributed by atoms with Crippen LogP contribution in [0.2, 0.25) is 5.02 Å². The summed E-state index contributed by atoms with van der Waals surface area (Å²) in [5.74, 6) is 1.85. The number of rotatable bonds is 13. The van der Waals surface area contributed by atoms with Gasteiger partial charge in [-0.15, -0.1) is 6.58 Å². The van der Waals surface area contributed by atoms with E-state index in [9.17, 15) is 4.79 Å². The summed E-state index contributed by atoms with van der Waals surface area (Å²) in [5.41, 5.74) is 3.79. The van der Waals surface area contributed by atoms with Gasteiger partial charge in [0.25, 0.3) is 5.91 Å². The third kappa shape index (κ3) is 6.55. The van der Waals surface area contributed by atoms with Gasteiger partial charge in [-0.05, 0) is 55.2 Å². The smallest absolute Gasteiger partial charge is 0.252 e. The summed E-state index contributed by atoms with van der Waals surface area (Å²) in [6, 6.07) is 23.4. The number of nitrogens with one attached hydrogen (secondary N) is 1. The number of unbranched alkanes of at least 4 members (excludes halogenated alkanes) is 2. The van der Waals surface area contributed by atoms with Gasteiger partial charge in [-0.25, -0.2) is 4.98 Å². The van der Waals surface area contributed by atoms with E-state index in [-0.39, 0.29) is 5.91 Å². The van der Waals surface area contributed by atoms with Crippen molar-refractivity contribution in [2.45, 2.75) is 38.6 Å². The third-order valence-electron chi connectivity index (χ3n) is 6.12. The number of fused-ring (bicyclic) bond motifs is 1. The molecule has 3 aromatic carbocycles. The average molecular weight is 502 g/mol. The molecule has 0 radical (unpaired) electrons. The normalized spacial score (nSPS) is 10.9. The first-order valence-electron chi connectivity index (χ1n) is 12.5. The number of nitrogens with zero attached hydrogens (tertiary/aromatic N) is 2. The van der Waals surface area contributed by atoms with Crippen molar-refractivity contribution >= 4 is 28.5 Å². The summed E-state index contributed by atoms with van der Waals surface area (Å²) in [6.07, 6.45) is 6.45. The van der Waals surface area contributed by atoms with Crippen LogP contribution >= 0.6 is 11.6 Å². The van der Waals surface area contributed by atoms with Crippen molar-refractivity contribution in [1.29, 1.82) is 0 Å². The summed E-state index contributed by atoms with van der Waals surface area (Å²) in [5, 5.41) is 3.44. The molecule has 0 atom stereocenters. The molecule has 5 nitrogen and oxygen atoms in total. The van der Waals surface area contributed by atoms with Crippen LogP contribution in [0.1, 0.15) is 41.0 Å². The first-order valence-corrected chi connectivity index (χ1v) is 12.8. The molecule has 6 heteroatoms. The number of amides is 1. The van der Waals surface area contributed by atoms with Crippen LogP contribution in [0.5, 0.6) is 5.75 Å². The van der Waals surface area contributed by atoms with Gasteiger partial charge >= 0.3 is 0 Å². The van der Waals surface area contributed by atoms with E-state index in [0.29, 0.717) is 23.7 Å². The molecule has 36 heavy (non-hydrogen) atoms. The highest BCUT2D eigenvalue weighted by Crippen LogP contribution is 2.21. The lowest BCUT2D eigenvalue weighted by Gasteiger charge is -2.13. The minimum absolute atomic E-state index is 0.128. The lowest BCUT2D eigenvalue weighted by Crippen LogP contribution is -2.24. The number of ether oxygens (including phenoxy) is 1. The SMILES string of the molecule is C=CCc1ccccc1OCCn1c(CCCCCNC(=O)c2ccccc2Cl)nc2ccccc21. The van der Waals surface area contributed by atoms with Crippen molar-refractivity contribution in [1.82, 2.24) is 14.9 Å². The average Bonchev–Trinajstić information content (AvgIpc) is 3.24. The Morgan fingerprint density at radius 1 is 1.00 bits per heavy atom. The number of carbonyl (C=O) groups is 1. The highest BCUT2D eigenvalue weighted by atomic mass is 35.5. The number of imidazole rings is 1. The zero-order valence-corrected chi connectivity index (χ0v) is 21.2. The molecule has 1 N–H and O–H groups in total. The van der Waals surface area contributed by atoms with E-state index in [1.807, 2.05) is 48.5 Å². The summed E-state index contributed by atoms with van der Waals surface area (Å²) < 4.78 is 8.41. The second-order valence-electron chi connectivity index (χ2n) is 8.66. The Labute approximate surface area is 217 Å². The fourth-order valence-electron chi connectivity index (χ4n) is 4.31. The Balaban J connectivity index is 1.29. The number of carbonyl (C=O) groups excluding carboxylic acids is 1. The van der Waals surface area contributed by atoms with Gasteiger partial charge in [-0.2, -0.15) is 0 Å². The number of aryl methyl sites for hydroxylation is 1. The van der Waals surface area contributed by atoms with E-state index in [1.165, 1.54) is 0 Å². The molecular weight excluding hydrogens is 470 g/mol. The van der Waals surface area contributed by atoms with Crippen LogP contribution in [0.15, 0.2) is 85.5 Å². The maximum atomic E-state index is 12.3. The predicted molar refractivity (Wildman–Crippen MR) is 147 cm³/mol. The fraction of sp³-hybridized carbons (Fsp3) is 0.267. The standard InChI is InChI=1S/C30H32ClN3O2/c1-2-12-23-13-5-10-18-28(23)36-22-21-34-27-17-9-8-16-26(27)33-29(34)19-4-3-11-20-32-30(35)24-14-6-7-15-25(24)31/h2,5-10,13-18H,1,3-4,11-12,19-22H2,(H,32,35). The van der Waals surface area contributed by atoms with Crippen LogP contribution in [0.25, 0.3) is 11.0 Å². The highest BCUT2D eigenvalue weighted by molar-refractivity contribution is 6.33. The molecule has 4 aromatic rings. The van der Waals surface area contributed by atoms with E-state index in [2.05, 4.69) is 34.7 Å². The number of benzene rings is 3. The van der Waals surface area contributed by atoms with Gasteiger partial charge < -0.3 is 14.6 Å². The summed E-state index contributed by atoms with van der Waals surface area (Å²) in [4.78, 5) is 17.2. The van der Waals surface area contributed by atoms with Crippen molar-refractivity contribution in [2.75, 3.05) is 13.2 Å². The molecule has 0 aliphatic carbocycles. The van der Waals surface area contributed by atoms with Crippen molar-refractivity contribution in [2.24, 2.45) is 0 Å². The molecule has 0 spiro atoms. The lowest BCUT2D eigenvalue weighted by molar-refractivity contribution is 0.0953. The minimum Gasteiger partial charge on any atom is -0.491 e. The maximum absolute atomic E-state index is 12.3. The van der Waals surface area contributed by atoms with Gasteiger partial charge in [-0.1, -0.05) is 66.6 Å². The summed E-state index contributed by atoms with van der Waals surface area (Å²) in [7, 11) is 0. The lowest BCUT2D eigenvalue weighted by atomic mass is 10.1. The van der Waals surface area contributed by atoms with Gasteiger partial charge in [-0.3, -0.25) is 4.79 Å². The van der Waals surface area contributed by atoms with Crippen LogP contribution in [0.3, 0.4) is 0 Å². The Hall–Kier alpha value is -3.57. The van der Waals surface area contributed by atoms with E-state index in [4.69, 9.17) is 21.3 Å². The zero-order chi connectivity index (χ0) is 25.2. The van der Waals surface area contributed by atoms with E-state index >= 15 is 0 Å². The van der Waals surface area contributed by atoms with Crippen molar-refractivity contribution in [3.63, 3.8) is 0 Å². The quantitative estimate of drug-likeness (QED) is 0.165. The second-order valence-corrected chi connectivity index (χ2v) is 9.07. The number of hydrogen-bond acceptors (Lipinski definition) is 3. The first kappa shape index (κ1) is 25.5. The van der Waals surface area contributed by atoms with E-state index < -0.39 is 0 Å². The maximum Gasteiger partial charge on any atom is 0.252 e.